The van der Waals surface area contributed by atoms with Gasteiger partial charge in [-0.25, -0.2) is 0 Å². The molecule has 1 aliphatic carbocycles. The Labute approximate surface area is 128 Å². The van der Waals surface area contributed by atoms with Crippen LogP contribution in [0.5, 0.6) is 11.5 Å². The summed E-state index contributed by atoms with van der Waals surface area (Å²) in [6, 6.07) is 3.59. The topological polar surface area (TPSA) is 35.5 Å². The average Bonchev–Trinajstić information content (AvgIpc) is 2.47. The van der Waals surface area contributed by atoms with Crippen molar-refractivity contribution in [3.8, 4) is 11.5 Å². The van der Waals surface area contributed by atoms with Crippen LogP contribution in [-0.2, 0) is 0 Å². The Kier molecular flexibility index (Phi) is 4.74. The highest BCUT2D eigenvalue weighted by Crippen LogP contribution is 2.42. The Morgan fingerprint density at radius 2 is 1.70 bits per heavy atom. The third-order valence-electron chi connectivity index (χ3n) is 4.22. The molecule has 0 saturated heterocycles. The van der Waals surface area contributed by atoms with Gasteiger partial charge in [-0.2, -0.15) is 0 Å². The molecule has 0 N–H and O–H groups in total. The van der Waals surface area contributed by atoms with Crippen molar-refractivity contribution in [1.29, 1.82) is 0 Å². The highest BCUT2D eigenvalue weighted by molar-refractivity contribution is 9.10. The highest BCUT2D eigenvalue weighted by atomic mass is 79.9. The van der Waals surface area contributed by atoms with Gasteiger partial charge in [-0.3, -0.25) is 4.79 Å². The van der Waals surface area contributed by atoms with E-state index in [4.69, 9.17) is 9.47 Å². The predicted octanol–water partition coefficient (Wildman–Crippen LogP) is 4.62. The second-order valence-electron chi connectivity index (χ2n) is 5.64. The maximum Gasteiger partial charge on any atom is 0.172 e. The largest absolute Gasteiger partial charge is 0.496 e. The summed E-state index contributed by atoms with van der Waals surface area (Å²) in [5, 5.41) is 0. The van der Waals surface area contributed by atoms with Crippen molar-refractivity contribution in [2.45, 2.75) is 39.0 Å². The molecule has 0 amide bonds. The Hall–Kier alpha value is -1.03. The van der Waals surface area contributed by atoms with Crippen LogP contribution in [0.25, 0.3) is 0 Å². The molecule has 3 nitrogen and oxygen atoms in total. The number of methoxy groups -OCH3 is 2. The number of hydrogen-bond donors (Lipinski definition) is 0. The minimum absolute atomic E-state index is 0.167. The summed E-state index contributed by atoms with van der Waals surface area (Å²) in [7, 11) is 3.19. The molecule has 0 radical (unpaired) electrons. The van der Waals surface area contributed by atoms with Crippen LogP contribution >= 0.6 is 15.9 Å². The van der Waals surface area contributed by atoms with Gasteiger partial charge in [0.05, 0.1) is 24.3 Å². The highest BCUT2D eigenvalue weighted by Gasteiger charge is 2.36. The number of Topliss-reactive ketones (excluding diaryl/α,β-unsaturated/α-hetero) is 1. The molecule has 110 valence electrons. The minimum Gasteiger partial charge on any atom is -0.496 e. The van der Waals surface area contributed by atoms with Gasteiger partial charge < -0.3 is 9.47 Å². The first-order valence-electron chi connectivity index (χ1n) is 6.98. The molecule has 1 fully saturated rings. The van der Waals surface area contributed by atoms with E-state index in [-0.39, 0.29) is 11.2 Å². The van der Waals surface area contributed by atoms with Gasteiger partial charge in [-0.05, 0) is 40.9 Å². The molecule has 1 aromatic rings. The van der Waals surface area contributed by atoms with Gasteiger partial charge in [0.1, 0.15) is 11.5 Å². The summed E-state index contributed by atoms with van der Waals surface area (Å²) in [4.78, 5) is 12.9. The lowest BCUT2D eigenvalue weighted by atomic mass is 9.71. The van der Waals surface area contributed by atoms with E-state index in [1.165, 1.54) is 6.42 Å². The minimum atomic E-state index is -0.273. The number of ether oxygens (including phenoxy) is 2. The van der Waals surface area contributed by atoms with E-state index < -0.39 is 0 Å². The zero-order chi connectivity index (χ0) is 14.8. The fraction of sp³-hybridized carbons (Fsp3) is 0.562. The standard InChI is InChI=1S/C16H21BrO3/c1-16(7-5-4-6-8-16)15(18)11-9-14(20-3)12(17)10-13(11)19-2/h9-10H,4-8H2,1-3H3. The first kappa shape index (κ1) is 15.4. The molecule has 0 bridgehead atoms. The second kappa shape index (κ2) is 6.17. The van der Waals surface area contributed by atoms with E-state index in [2.05, 4.69) is 22.9 Å². The van der Waals surface area contributed by atoms with Crippen molar-refractivity contribution in [2.24, 2.45) is 5.41 Å². The van der Waals surface area contributed by atoms with Crippen LogP contribution in [0.1, 0.15) is 49.4 Å². The first-order chi connectivity index (χ1) is 9.51. The van der Waals surface area contributed by atoms with E-state index in [0.29, 0.717) is 17.1 Å². The molecular weight excluding hydrogens is 320 g/mol. The van der Waals surface area contributed by atoms with Gasteiger partial charge in [0.2, 0.25) is 0 Å². The number of benzene rings is 1. The molecule has 0 spiro atoms. The molecule has 1 aliphatic rings. The Morgan fingerprint density at radius 1 is 1.10 bits per heavy atom. The SMILES string of the molecule is COc1cc(C(=O)C2(C)CCCCC2)c(OC)cc1Br. The Morgan fingerprint density at radius 3 is 2.25 bits per heavy atom. The number of ketones is 1. The molecule has 0 aromatic heterocycles. The van der Waals surface area contributed by atoms with Gasteiger partial charge in [-0.15, -0.1) is 0 Å². The van der Waals surface area contributed by atoms with Crippen LogP contribution in [0, 0.1) is 5.41 Å². The van der Waals surface area contributed by atoms with Crippen LogP contribution in [0.3, 0.4) is 0 Å². The summed E-state index contributed by atoms with van der Waals surface area (Å²) < 4.78 is 11.5. The normalized spacial score (nSPS) is 17.6. The summed E-state index contributed by atoms with van der Waals surface area (Å²) in [6.45, 7) is 2.07. The van der Waals surface area contributed by atoms with E-state index >= 15 is 0 Å². The first-order valence-corrected chi connectivity index (χ1v) is 7.77. The van der Waals surface area contributed by atoms with E-state index in [1.54, 1.807) is 26.4 Å². The van der Waals surface area contributed by atoms with Gasteiger partial charge >= 0.3 is 0 Å². The van der Waals surface area contributed by atoms with Gasteiger partial charge in [0.25, 0.3) is 0 Å². The lowest BCUT2D eigenvalue weighted by molar-refractivity contribution is 0.0746. The van der Waals surface area contributed by atoms with Crippen molar-refractivity contribution in [1.82, 2.24) is 0 Å². The number of carbonyl (C=O) groups excluding carboxylic acids is 1. The molecular formula is C16H21BrO3. The van der Waals surface area contributed by atoms with Crippen molar-refractivity contribution >= 4 is 21.7 Å². The van der Waals surface area contributed by atoms with Crippen molar-refractivity contribution in [3.05, 3.63) is 22.2 Å². The van der Waals surface area contributed by atoms with Crippen LogP contribution < -0.4 is 9.47 Å². The predicted molar refractivity (Wildman–Crippen MR) is 82.8 cm³/mol. The van der Waals surface area contributed by atoms with Crippen molar-refractivity contribution in [2.75, 3.05) is 14.2 Å². The van der Waals surface area contributed by atoms with E-state index in [9.17, 15) is 4.79 Å². The lowest BCUT2D eigenvalue weighted by Gasteiger charge is -2.32. The van der Waals surface area contributed by atoms with Gasteiger partial charge in [0.15, 0.2) is 5.78 Å². The molecule has 0 atom stereocenters. The maximum absolute atomic E-state index is 12.9. The quantitative estimate of drug-likeness (QED) is 0.750. The smallest absolute Gasteiger partial charge is 0.172 e. The number of carbonyl (C=O) groups is 1. The second-order valence-corrected chi connectivity index (χ2v) is 6.49. The molecule has 2 rings (SSSR count). The number of halogens is 1. The summed E-state index contributed by atoms with van der Waals surface area (Å²) >= 11 is 3.42. The molecule has 1 aromatic carbocycles. The van der Waals surface area contributed by atoms with Crippen molar-refractivity contribution in [3.63, 3.8) is 0 Å². The van der Waals surface area contributed by atoms with Gasteiger partial charge in [-0.1, -0.05) is 26.2 Å². The number of rotatable bonds is 4. The Bertz CT molecular complexity index is 505. The average molecular weight is 341 g/mol. The summed E-state index contributed by atoms with van der Waals surface area (Å²) in [5.74, 6) is 1.43. The summed E-state index contributed by atoms with van der Waals surface area (Å²) in [6.07, 6.45) is 5.38. The third-order valence-corrected chi connectivity index (χ3v) is 4.84. The molecule has 0 heterocycles. The monoisotopic (exact) mass is 340 g/mol. The zero-order valence-electron chi connectivity index (χ0n) is 12.3. The fourth-order valence-corrected chi connectivity index (χ4v) is 3.41. The zero-order valence-corrected chi connectivity index (χ0v) is 13.9. The Balaban J connectivity index is 2.42. The summed E-state index contributed by atoms with van der Waals surface area (Å²) in [5.41, 5.74) is 0.349. The van der Waals surface area contributed by atoms with E-state index in [1.807, 2.05) is 0 Å². The molecule has 0 unspecified atom stereocenters. The van der Waals surface area contributed by atoms with Crippen LogP contribution in [0.15, 0.2) is 16.6 Å². The van der Waals surface area contributed by atoms with Crippen LogP contribution in [-0.4, -0.2) is 20.0 Å². The van der Waals surface area contributed by atoms with Crippen LogP contribution in [0.2, 0.25) is 0 Å². The molecule has 1 saturated carbocycles. The fourth-order valence-electron chi connectivity index (χ4n) is 2.92. The molecule has 20 heavy (non-hydrogen) atoms. The third kappa shape index (κ3) is 2.85. The van der Waals surface area contributed by atoms with Crippen LogP contribution in [0.4, 0.5) is 0 Å². The maximum atomic E-state index is 12.9. The van der Waals surface area contributed by atoms with Gasteiger partial charge in [0, 0.05) is 5.41 Å². The van der Waals surface area contributed by atoms with Crippen molar-refractivity contribution < 1.29 is 14.3 Å². The van der Waals surface area contributed by atoms with E-state index in [0.717, 1.165) is 30.2 Å². The molecule has 0 aliphatic heterocycles. The lowest BCUT2D eigenvalue weighted by Crippen LogP contribution is -2.30. The molecule has 4 heteroatoms. The number of hydrogen-bond acceptors (Lipinski definition) is 3.